The zero-order valence-corrected chi connectivity index (χ0v) is 10.8. The minimum Gasteiger partial charge on any atom is -0.497 e. The van der Waals surface area contributed by atoms with Gasteiger partial charge in [0.05, 0.1) is 7.11 Å². The molecule has 0 unspecified atom stereocenters. The number of nitrogens with one attached hydrogen (secondary N) is 2. The third kappa shape index (κ3) is 2.71. The third-order valence-corrected chi connectivity index (χ3v) is 2.70. The Kier molecular flexibility index (Phi) is 3.67. The zero-order chi connectivity index (χ0) is 13.0. The molecule has 0 spiro atoms. The summed E-state index contributed by atoms with van der Waals surface area (Å²) in [4.78, 5) is 4.42. The molecule has 0 fully saturated rings. The van der Waals surface area contributed by atoms with Crippen molar-refractivity contribution in [2.75, 3.05) is 24.8 Å². The Morgan fingerprint density at radius 1 is 1.11 bits per heavy atom. The molecular weight excluding hydrogens is 226 g/mol. The number of rotatable bonds is 4. The molecule has 1 aromatic carbocycles. The number of hydrogen-bond donors (Lipinski definition) is 2. The number of benzene rings is 1. The van der Waals surface area contributed by atoms with Crippen LogP contribution >= 0.6 is 0 Å². The van der Waals surface area contributed by atoms with E-state index in [2.05, 4.69) is 15.6 Å². The lowest BCUT2D eigenvalue weighted by Crippen LogP contribution is -1.98. The molecule has 0 atom stereocenters. The fourth-order valence-electron chi connectivity index (χ4n) is 1.68. The molecule has 2 aromatic rings. The molecule has 94 valence electrons. The quantitative estimate of drug-likeness (QED) is 0.865. The van der Waals surface area contributed by atoms with Gasteiger partial charge in [-0.1, -0.05) is 6.07 Å². The van der Waals surface area contributed by atoms with Gasteiger partial charge in [0.25, 0.3) is 0 Å². The van der Waals surface area contributed by atoms with Gasteiger partial charge >= 0.3 is 0 Å². The SMILES string of the molecule is CNc1cccc(Nc2ccc(OC)cc2C)n1. The van der Waals surface area contributed by atoms with Crippen LogP contribution in [0.3, 0.4) is 0 Å². The van der Waals surface area contributed by atoms with Crippen LogP contribution in [0.15, 0.2) is 36.4 Å². The number of pyridine rings is 1. The average molecular weight is 243 g/mol. The monoisotopic (exact) mass is 243 g/mol. The van der Waals surface area contributed by atoms with Crippen LogP contribution in [-0.2, 0) is 0 Å². The molecule has 0 aliphatic carbocycles. The summed E-state index contributed by atoms with van der Waals surface area (Å²) >= 11 is 0. The minimum atomic E-state index is 0.815. The molecule has 2 rings (SSSR count). The van der Waals surface area contributed by atoms with E-state index in [0.717, 1.165) is 28.6 Å². The van der Waals surface area contributed by atoms with Crippen LogP contribution in [0.1, 0.15) is 5.56 Å². The Balaban J connectivity index is 2.22. The van der Waals surface area contributed by atoms with Gasteiger partial charge in [0.2, 0.25) is 0 Å². The zero-order valence-electron chi connectivity index (χ0n) is 10.8. The van der Waals surface area contributed by atoms with Crippen LogP contribution in [0.25, 0.3) is 0 Å². The summed E-state index contributed by atoms with van der Waals surface area (Å²) in [6.07, 6.45) is 0. The van der Waals surface area contributed by atoms with Crippen molar-refractivity contribution in [2.45, 2.75) is 6.92 Å². The lowest BCUT2D eigenvalue weighted by molar-refractivity contribution is 0.414. The van der Waals surface area contributed by atoms with Crippen LogP contribution < -0.4 is 15.4 Å². The maximum atomic E-state index is 5.18. The summed E-state index contributed by atoms with van der Waals surface area (Å²) in [5, 5.41) is 6.31. The van der Waals surface area contributed by atoms with Gasteiger partial charge in [-0.2, -0.15) is 0 Å². The Labute approximate surface area is 107 Å². The first-order chi connectivity index (χ1) is 8.72. The smallest absolute Gasteiger partial charge is 0.132 e. The van der Waals surface area contributed by atoms with Crippen molar-refractivity contribution in [3.8, 4) is 5.75 Å². The average Bonchev–Trinajstić information content (AvgIpc) is 2.41. The number of ether oxygens (including phenoxy) is 1. The summed E-state index contributed by atoms with van der Waals surface area (Å²) in [6, 6.07) is 11.7. The van der Waals surface area contributed by atoms with Gasteiger partial charge in [-0.25, -0.2) is 4.98 Å². The molecule has 0 bridgehead atoms. The molecular formula is C14H17N3O. The number of nitrogens with zero attached hydrogens (tertiary/aromatic N) is 1. The van der Waals surface area contributed by atoms with E-state index in [1.165, 1.54) is 0 Å². The summed E-state index contributed by atoms with van der Waals surface area (Å²) in [6.45, 7) is 2.03. The summed E-state index contributed by atoms with van der Waals surface area (Å²) in [7, 11) is 3.52. The second kappa shape index (κ2) is 5.40. The molecule has 0 saturated heterocycles. The third-order valence-electron chi connectivity index (χ3n) is 2.70. The first-order valence-corrected chi connectivity index (χ1v) is 5.79. The van der Waals surface area contributed by atoms with Crippen molar-refractivity contribution in [3.05, 3.63) is 42.0 Å². The predicted octanol–water partition coefficient (Wildman–Crippen LogP) is 3.18. The summed E-state index contributed by atoms with van der Waals surface area (Å²) in [5.41, 5.74) is 2.14. The largest absolute Gasteiger partial charge is 0.497 e. The fraction of sp³-hybridized carbons (Fsp3) is 0.214. The van der Waals surface area contributed by atoms with Crippen molar-refractivity contribution in [1.29, 1.82) is 0 Å². The van der Waals surface area contributed by atoms with Gasteiger partial charge in [-0.05, 0) is 42.8 Å². The van der Waals surface area contributed by atoms with E-state index in [-0.39, 0.29) is 0 Å². The maximum absolute atomic E-state index is 5.18. The van der Waals surface area contributed by atoms with Crippen LogP contribution in [0.2, 0.25) is 0 Å². The lowest BCUT2D eigenvalue weighted by atomic mass is 10.2. The molecule has 0 aliphatic rings. The second-order valence-electron chi connectivity index (χ2n) is 3.96. The number of anilines is 3. The minimum absolute atomic E-state index is 0.815. The van der Waals surface area contributed by atoms with E-state index in [4.69, 9.17) is 4.74 Å². The van der Waals surface area contributed by atoms with Crippen molar-refractivity contribution >= 4 is 17.3 Å². The maximum Gasteiger partial charge on any atom is 0.132 e. The van der Waals surface area contributed by atoms with Gasteiger partial charge in [0.1, 0.15) is 17.4 Å². The highest BCUT2D eigenvalue weighted by molar-refractivity contribution is 5.62. The molecule has 1 aromatic heterocycles. The number of aromatic nitrogens is 1. The first-order valence-electron chi connectivity index (χ1n) is 5.79. The van der Waals surface area contributed by atoms with Crippen LogP contribution in [0, 0.1) is 6.92 Å². The highest BCUT2D eigenvalue weighted by atomic mass is 16.5. The van der Waals surface area contributed by atoms with E-state index in [0.29, 0.717) is 0 Å². The van der Waals surface area contributed by atoms with Gasteiger partial charge < -0.3 is 15.4 Å². The molecule has 1 heterocycles. The van der Waals surface area contributed by atoms with Crippen LogP contribution in [0.4, 0.5) is 17.3 Å². The molecule has 0 aliphatic heterocycles. The normalized spacial score (nSPS) is 9.94. The fourth-order valence-corrected chi connectivity index (χ4v) is 1.68. The van der Waals surface area contributed by atoms with Crippen molar-refractivity contribution < 1.29 is 4.74 Å². The number of methoxy groups -OCH3 is 1. The summed E-state index contributed by atoms with van der Waals surface area (Å²) in [5.74, 6) is 2.51. The van der Waals surface area contributed by atoms with Crippen molar-refractivity contribution in [3.63, 3.8) is 0 Å². The Hall–Kier alpha value is -2.23. The highest BCUT2D eigenvalue weighted by Crippen LogP contribution is 2.24. The van der Waals surface area contributed by atoms with Crippen molar-refractivity contribution in [2.24, 2.45) is 0 Å². The van der Waals surface area contributed by atoms with Gasteiger partial charge in [0, 0.05) is 12.7 Å². The van der Waals surface area contributed by atoms with Gasteiger partial charge in [-0.15, -0.1) is 0 Å². The molecule has 0 radical (unpaired) electrons. The Morgan fingerprint density at radius 2 is 1.89 bits per heavy atom. The molecule has 4 heteroatoms. The molecule has 0 saturated carbocycles. The molecule has 0 amide bonds. The highest BCUT2D eigenvalue weighted by Gasteiger charge is 2.02. The standard InChI is InChI=1S/C14H17N3O/c1-10-9-11(18-3)7-8-12(10)16-14-6-4-5-13(15-2)17-14/h4-9H,1-3H3,(H2,15,16,17). The van der Waals surface area contributed by atoms with Gasteiger partial charge in [0.15, 0.2) is 0 Å². The van der Waals surface area contributed by atoms with E-state index >= 15 is 0 Å². The lowest BCUT2D eigenvalue weighted by Gasteiger charge is -2.11. The molecule has 2 N–H and O–H groups in total. The van der Waals surface area contributed by atoms with E-state index in [9.17, 15) is 0 Å². The van der Waals surface area contributed by atoms with Crippen LogP contribution in [-0.4, -0.2) is 19.1 Å². The predicted molar refractivity (Wildman–Crippen MR) is 74.8 cm³/mol. The Bertz CT molecular complexity index is 540. The number of aryl methyl sites for hydroxylation is 1. The van der Waals surface area contributed by atoms with E-state index < -0.39 is 0 Å². The van der Waals surface area contributed by atoms with Crippen molar-refractivity contribution in [1.82, 2.24) is 4.98 Å². The topological polar surface area (TPSA) is 46.2 Å². The van der Waals surface area contributed by atoms with E-state index in [1.807, 2.05) is 50.4 Å². The molecule has 4 nitrogen and oxygen atoms in total. The summed E-state index contributed by atoms with van der Waals surface area (Å²) < 4.78 is 5.18. The number of hydrogen-bond acceptors (Lipinski definition) is 4. The van der Waals surface area contributed by atoms with Gasteiger partial charge in [-0.3, -0.25) is 0 Å². The Morgan fingerprint density at radius 3 is 2.56 bits per heavy atom. The van der Waals surface area contributed by atoms with E-state index in [1.54, 1.807) is 7.11 Å². The first kappa shape index (κ1) is 12.2. The second-order valence-corrected chi connectivity index (χ2v) is 3.96. The molecule has 18 heavy (non-hydrogen) atoms. The van der Waals surface area contributed by atoms with Crippen LogP contribution in [0.5, 0.6) is 5.75 Å².